The number of amides is 1. The quantitative estimate of drug-likeness (QED) is 0.861. The molecule has 3 nitrogen and oxygen atoms in total. The second-order valence-corrected chi connectivity index (χ2v) is 6.36. The minimum absolute atomic E-state index is 0.0268. The molecule has 0 atom stereocenters. The summed E-state index contributed by atoms with van der Waals surface area (Å²) in [5, 5.41) is 2.60. The summed E-state index contributed by atoms with van der Waals surface area (Å²) in [5.41, 5.74) is 2.09. The maximum absolute atomic E-state index is 12.7. The molecule has 0 bridgehead atoms. The van der Waals surface area contributed by atoms with Crippen LogP contribution in [0, 0.1) is 0 Å². The minimum atomic E-state index is -4.39. The van der Waals surface area contributed by atoms with Gasteiger partial charge in [-0.05, 0) is 60.6 Å². The van der Waals surface area contributed by atoms with Gasteiger partial charge in [0.25, 0.3) is 5.91 Å². The van der Waals surface area contributed by atoms with Crippen molar-refractivity contribution in [1.82, 2.24) is 5.32 Å². The zero-order chi connectivity index (χ0) is 18.6. The van der Waals surface area contributed by atoms with Crippen LogP contribution in [-0.4, -0.2) is 12.5 Å². The summed E-state index contributed by atoms with van der Waals surface area (Å²) < 4.78 is 43.8. The van der Waals surface area contributed by atoms with Crippen LogP contribution in [0.3, 0.4) is 0 Å². The van der Waals surface area contributed by atoms with Gasteiger partial charge >= 0.3 is 6.18 Å². The monoisotopic (exact) mass is 363 g/mol. The molecule has 26 heavy (non-hydrogen) atoms. The normalized spacial score (nSPS) is 13.8. The van der Waals surface area contributed by atoms with Gasteiger partial charge in [0.15, 0.2) is 6.61 Å². The number of nitrogens with one attached hydrogen (secondary N) is 1. The largest absolute Gasteiger partial charge is 0.483 e. The Morgan fingerprint density at radius 2 is 1.85 bits per heavy atom. The first-order chi connectivity index (χ1) is 12.4. The number of benzene rings is 2. The second-order valence-electron chi connectivity index (χ2n) is 6.36. The maximum Gasteiger partial charge on any atom is 0.416 e. The van der Waals surface area contributed by atoms with E-state index in [1.807, 2.05) is 12.1 Å². The molecule has 1 aliphatic carbocycles. The van der Waals surface area contributed by atoms with E-state index in [-0.39, 0.29) is 19.1 Å². The number of halogens is 3. The van der Waals surface area contributed by atoms with Gasteiger partial charge in [-0.15, -0.1) is 0 Å². The number of carbonyl (C=O) groups is 1. The first-order valence-electron chi connectivity index (χ1n) is 8.60. The van der Waals surface area contributed by atoms with Gasteiger partial charge in [0.05, 0.1) is 5.56 Å². The van der Waals surface area contributed by atoms with Crippen molar-refractivity contribution in [2.45, 2.75) is 38.4 Å². The lowest BCUT2D eigenvalue weighted by molar-refractivity contribution is -0.137. The fraction of sp³-hybridized carbons (Fsp3) is 0.350. The molecule has 2 aromatic rings. The van der Waals surface area contributed by atoms with Crippen LogP contribution in [0.4, 0.5) is 13.2 Å². The lowest BCUT2D eigenvalue weighted by atomic mass is 9.91. The molecule has 2 aromatic carbocycles. The SMILES string of the molecule is O=C(COc1cccc2c1CCCC2)NCc1cccc(C(F)(F)F)c1. The van der Waals surface area contributed by atoms with Gasteiger partial charge in [0.1, 0.15) is 5.75 Å². The lowest BCUT2D eigenvalue weighted by Crippen LogP contribution is -2.28. The van der Waals surface area contributed by atoms with Gasteiger partial charge in [-0.25, -0.2) is 0 Å². The molecule has 0 aromatic heterocycles. The van der Waals surface area contributed by atoms with Crippen molar-refractivity contribution >= 4 is 5.91 Å². The molecule has 0 aliphatic heterocycles. The molecule has 0 spiro atoms. The highest BCUT2D eigenvalue weighted by atomic mass is 19.4. The zero-order valence-electron chi connectivity index (χ0n) is 14.2. The third kappa shape index (κ3) is 4.56. The summed E-state index contributed by atoms with van der Waals surface area (Å²) in [6.07, 6.45) is -0.162. The Bertz CT molecular complexity index is 787. The van der Waals surface area contributed by atoms with E-state index in [2.05, 4.69) is 11.4 Å². The van der Waals surface area contributed by atoms with Crippen molar-refractivity contribution in [1.29, 1.82) is 0 Å². The molecule has 138 valence electrons. The Morgan fingerprint density at radius 3 is 2.65 bits per heavy atom. The molecular formula is C20H20F3NO2. The van der Waals surface area contributed by atoms with Crippen molar-refractivity contribution in [3.63, 3.8) is 0 Å². The highest BCUT2D eigenvalue weighted by molar-refractivity contribution is 5.77. The van der Waals surface area contributed by atoms with E-state index in [0.29, 0.717) is 5.56 Å². The molecule has 1 amide bonds. The number of alkyl halides is 3. The van der Waals surface area contributed by atoms with E-state index in [1.165, 1.54) is 11.6 Å². The number of rotatable bonds is 5. The number of hydrogen-bond acceptors (Lipinski definition) is 2. The average Bonchev–Trinajstić information content (AvgIpc) is 2.64. The first-order valence-corrected chi connectivity index (χ1v) is 8.60. The van der Waals surface area contributed by atoms with Crippen LogP contribution in [0.2, 0.25) is 0 Å². The molecule has 0 fully saturated rings. The number of carbonyl (C=O) groups excluding carboxylic acids is 1. The Hall–Kier alpha value is -2.50. The van der Waals surface area contributed by atoms with Gasteiger partial charge in [-0.1, -0.05) is 24.3 Å². The van der Waals surface area contributed by atoms with Crippen molar-refractivity contribution in [3.8, 4) is 5.75 Å². The van der Waals surface area contributed by atoms with E-state index in [9.17, 15) is 18.0 Å². The molecule has 6 heteroatoms. The molecule has 0 saturated carbocycles. The Kier molecular flexibility index (Phi) is 5.49. The Morgan fingerprint density at radius 1 is 1.08 bits per heavy atom. The molecule has 3 rings (SSSR count). The third-order valence-corrected chi connectivity index (χ3v) is 4.46. The predicted molar refractivity (Wildman–Crippen MR) is 91.9 cm³/mol. The molecule has 0 heterocycles. The molecule has 0 saturated heterocycles. The van der Waals surface area contributed by atoms with E-state index in [4.69, 9.17) is 4.74 Å². The molecular weight excluding hydrogens is 343 g/mol. The molecule has 1 aliphatic rings. The van der Waals surface area contributed by atoms with Crippen LogP contribution in [0.25, 0.3) is 0 Å². The summed E-state index contributed by atoms with van der Waals surface area (Å²) in [6, 6.07) is 10.8. The van der Waals surface area contributed by atoms with Gasteiger partial charge in [0, 0.05) is 6.54 Å². The van der Waals surface area contributed by atoms with Crippen LogP contribution in [0.15, 0.2) is 42.5 Å². The summed E-state index contributed by atoms with van der Waals surface area (Å²) in [7, 11) is 0. The first kappa shape index (κ1) is 18.3. The maximum atomic E-state index is 12.7. The van der Waals surface area contributed by atoms with Crippen molar-refractivity contribution in [3.05, 3.63) is 64.7 Å². The van der Waals surface area contributed by atoms with E-state index in [1.54, 1.807) is 6.07 Å². The van der Waals surface area contributed by atoms with Gasteiger partial charge in [0.2, 0.25) is 0 Å². The van der Waals surface area contributed by atoms with Crippen LogP contribution in [0.5, 0.6) is 5.75 Å². The van der Waals surface area contributed by atoms with Crippen molar-refractivity contribution in [2.75, 3.05) is 6.61 Å². The fourth-order valence-corrected chi connectivity index (χ4v) is 3.13. The van der Waals surface area contributed by atoms with Crippen molar-refractivity contribution < 1.29 is 22.7 Å². The summed E-state index contributed by atoms with van der Waals surface area (Å²) >= 11 is 0. The summed E-state index contributed by atoms with van der Waals surface area (Å²) in [6.45, 7) is -0.131. The van der Waals surface area contributed by atoms with E-state index in [0.717, 1.165) is 49.1 Å². The lowest BCUT2D eigenvalue weighted by Gasteiger charge is -2.19. The minimum Gasteiger partial charge on any atom is -0.483 e. The van der Waals surface area contributed by atoms with Gasteiger partial charge in [-0.3, -0.25) is 4.79 Å². The summed E-state index contributed by atoms with van der Waals surface area (Å²) in [5.74, 6) is 0.354. The zero-order valence-corrected chi connectivity index (χ0v) is 14.2. The highest BCUT2D eigenvalue weighted by Gasteiger charge is 2.30. The van der Waals surface area contributed by atoms with Crippen LogP contribution in [-0.2, 0) is 30.4 Å². The average molecular weight is 363 g/mol. The number of aryl methyl sites for hydroxylation is 1. The van der Waals surface area contributed by atoms with Gasteiger partial charge in [-0.2, -0.15) is 13.2 Å². The standard InChI is InChI=1S/C20H20F3NO2/c21-20(22,23)16-8-3-5-14(11-16)12-24-19(25)13-26-18-10-4-7-15-6-1-2-9-17(15)18/h3-5,7-8,10-11H,1-2,6,9,12-13H2,(H,24,25). The topological polar surface area (TPSA) is 38.3 Å². The third-order valence-electron chi connectivity index (χ3n) is 4.46. The number of hydrogen-bond donors (Lipinski definition) is 1. The fourth-order valence-electron chi connectivity index (χ4n) is 3.13. The smallest absolute Gasteiger partial charge is 0.416 e. The van der Waals surface area contributed by atoms with Crippen LogP contribution in [0.1, 0.15) is 35.1 Å². The number of ether oxygens (including phenoxy) is 1. The molecule has 0 radical (unpaired) electrons. The van der Waals surface area contributed by atoms with Crippen LogP contribution >= 0.6 is 0 Å². The second kappa shape index (κ2) is 7.81. The molecule has 1 N–H and O–H groups in total. The Balaban J connectivity index is 1.54. The number of fused-ring (bicyclic) bond motifs is 1. The van der Waals surface area contributed by atoms with E-state index >= 15 is 0 Å². The molecule has 0 unspecified atom stereocenters. The summed E-state index contributed by atoms with van der Waals surface area (Å²) in [4.78, 5) is 12.0. The van der Waals surface area contributed by atoms with Crippen molar-refractivity contribution in [2.24, 2.45) is 0 Å². The Labute approximate surface area is 150 Å². The van der Waals surface area contributed by atoms with E-state index < -0.39 is 11.7 Å². The predicted octanol–water partition coefficient (Wildman–Crippen LogP) is 4.28. The van der Waals surface area contributed by atoms with Crippen LogP contribution < -0.4 is 10.1 Å². The van der Waals surface area contributed by atoms with Gasteiger partial charge < -0.3 is 10.1 Å². The highest BCUT2D eigenvalue weighted by Crippen LogP contribution is 2.30.